The summed E-state index contributed by atoms with van der Waals surface area (Å²) in [4.78, 5) is 22.3. The number of carbonyl (C=O) groups excluding carboxylic acids is 1. The molecule has 0 fully saturated rings. The van der Waals surface area contributed by atoms with Gasteiger partial charge in [-0.05, 0) is 25.0 Å². The van der Waals surface area contributed by atoms with Gasteiger partial charge in [-0.15, -0.1) is 0 Å². The van der Waals surface area contributed by atoms with Crippen LogP contribution >= 0.6 is 0 Å². The minimum absolute atomic E-state index is 0.179. The van der Waals surface area contributed by atoms with Gasteiger partial charge in [0.05, 0.1) is 10.5 Å². The summed E-state index contributed by atoms with van der Waals surface area (Å²) in [5.74, 6) is -0.381. The van der Waals surface area contributed by atoms with E-state index in [4.69, 9.17) is 0 Å². The van der Waals surface area contributed by atoms with Gasteiger partial charge < -0.3 is 15.7 Å². The molecule has 0 bridgehead atoms. The van der Waals surface area contributed by atoms with Gasteiger partial charge in [-0.3, -0.25) is 14.9 Å². The molecule has 0 aliphatic carbocycles. The number of anilines is 1. The van der Waals surface area contributed by atoms with Gasteiger partial charge in [0.1, 0.15) is 5.69 Å². The monoisotopic (exact) mass is 323 g/mol. The lowest BCUT2D eigenvalue weighted by atomic mass is 9.92. The molecule has 0 radical (unpaired) electrons. The molecule has 1 aromatic carbocycles. The number of amides is 1. The maximum Gasteiger partial charge on any atom is 0.293 e. The number of nitrogens with one attached hydrogen (secondary N) is 2. The number of rotatable bonds is 9. The van der Waals surface area contributed by atoms with E-state index in [1.807, 2.05) is 13.8 Å². The van der Waals surface area contributed by atoms with E-state index in [1.165, 1.54) is 25.2 Å². The molecular weight excluding hydrogens is 298 g/mol. The van der Waals surface area contributed by atoms with E-state index in [9.17, 15) is 20.0 Å². The van der Waals surface area contributed by atoms with Crippen LogP contribution in [0.1, 0.15) is 49.9 Å². The molecule has 0 aliphatic heterocycles. The first-order valence-corrected chi connectivity index (χ1v) is 7.83. The third-order valence-electron chi connectivity index (χ3n) is 3.72. The smallest absolute Gasteiger partial charge is 0.293 e. The number of nitro groups is 1. The number of hydrogen-bond acceptors (Lipinski definition) is 5. The maximum absolute atomic E-state index is 11.6. The molecule has 1 aromatic rings. The van der Waals surface area contributed by atoms with E-state index in [1.54, 1.807) is 0 Å². The van der Waals surface area contributed by atoms with Crippen molar-refractivity contribution in [3.63, 3.8) is 0 Å². The second kappa shape index (κ2) is 8.47. The van der Waals surface area contributed by atoms with Crippen molar-refractivity contribution in [2.75, 3.05) is 18.9 Å². The Hall–Kier alpha value is -2.15. The van der Waals surface area contributed by atoms with E-state index in [2.05, 4.69) is 10.6 Å². The predicted octanol–water partition coefficient (Wildman–Crippen LogP) is 2.70. The number of hydrogen-bond donors (Lipinski definition) is 3. The van der Waals surface area contributed by atoms with Gasteiger partial charge in [-0.1, -0.05) is 26.7 Å². The first-order valence-electron chi connectivity index (χ1n) is 7.83. The van der Waals surface area contributed by atoms with Gasteiger partial charge in [-0.25, -0.2) is 0 Å². The van der Waals surface area contributed by atoms with E-state index >= 15 is 0 Å². The van der Waals surface area contributed by atoms with Crippen LogP contribution in [0.15, 0.2) is 18.2 Å². The Morgan fingerprint density at radius 2 is 1.91 bits per heavy atom. The SMILES string of the molecule is CCCC(O)(CCC)CNc1ccc(C(=O)NC)cc1[N+](=O)[O-]. The van der Waals surface area contributed by atoms with Crippen LogP contribution < -0.4 is 10.6 Å². The third-order valence-corrected chi connectivity index (χ3v) is 3.72. The highest BCUT2D eigenvalue weighted by Gasteiger charge is 2.26. The lowest BCUT2D eigenvalue weighted by molar-refractivity contribution is -0.384. The molecule has 0 saturated heterocycles. The Morgan fingerprint density at radius 3 is 2.39 bits per heavy atom. The van der Waals surface area contributed by atoms with Gasteiger partial charge in [0.15, 0.2) is 0 Å². The van der Waals surface area contributed by atoms with Crippen molar-refractivity contribution < 1.29 is 14.8 Å². The predicted molar refractivity (Wildman–Crippen MR) is 89.7 cm³/mol. The van der Waals surface area contributed by atoms with Crippen LogP contribution in [0, 0.1) is 10.1 Å². The summed E-state index contributed by atoms with van der Waals surface area (Å²) in [6.45, 7) is 4.21. The third kappa shape index (κ3) is 5.21. The Morgan fingerprint density at radius 1 is 1.30 bits per heavy atom. The summed E-state index contributed by atoms with van der Waals surface area (Å²) in [5.41, 5.74) is -0.548. The molecule has 23 heavy (non-hydrogen) atoms. The number of aliphatic hydroxyl groups is 1. The zero-order valence-electron chi connectivity index (χ0n) is 13.9. The summed E-state index contributed by atoms with van der Waals surface area (Å²) >= 11 is 0. The first-order chi connectivity index (χ1) is 10.9. The second-order valence-corrected chi connectivity index (χ2v) is 5.65. The van der Waals surface area contributed by atoms with Crippen molar-refractivity contribution >= 4 is 17.3 Å². The van der Waals surface area contributed by atoms with Crippen LogP contribution in [-0.2, 0) is 0 Å². The van der Waals surface area contributed by atoms with Crippen LogP contribution in [0.3, 0.4) is 0 Å². The highest BCUT2D eigenvalue weighted by Crippen LogP contribution is 2.27. The van der Waals surface area contributed by atoms with Crippen LogP contribution in [0.5, 0.6) is 0 Å². The molecular formula is C16H25N3O4. The van der Waals surface area contributed by atoms with Crippen molar-refractivity contribution in [2.45, 2.75) is 45.1 Å². The van der Waals surface area contributed by atoms with Crippen molar-refractivity contribution in [3.8, 4) is 0 Å². The van der Waals surface area contributed by atoms with Gasteiger partial charge >= 0.3 is 0 Å². The molecule has 0 aromatic heterocycles. The summed E-state index contributed by atoms with van der Waals surface area (Å²) in [5, 5.41) is 27.2. The Kier molecular flexibility index (Phi) is 6.96. The number of carbonyl (C=O) groups is 1. The second-order valence-electron chi connectivity index (χ2n) is 5.65. The minimum atomic E-state index is -0.892. The zero-order chi connectivity index (χ0) is 17.5. The van der Waals surface area contributed by atoms with Crippen molar-refractivity contribution in [1.29, 1.82) is 0 Å². The number of nitro benzene ring substituents is 1. The van der Waals surface area contributed by atoms with Crippen molar-refractivity contribution in [1.82, 2.24) is 5.32 Å². The molecule has 0 atom stereocenters. The lowest BCUT2D eigenvalue weighted by Gasteiger charge is -2.28. The fourth-order valence-electron chi connectivity index (χ4n) is 2.61. The van der Waals surface area contributed by atoms with Crippen LogP contribution in [0.2, 0.25) is 0 Å². The molecule has 1 rings (SSSR count). The van der Waals surface area contributed by atoms with Crippen LogP contribution in [-0.4, -0.2) is 35.1 Å². The van der Waals surface area contributed by atoms with Gasteiger partial charge in [0.2, 0.25) is 0 Å². The van der Waals surface area contributed by atoms with Crippen molar-refractivity contribution in [2.24, 2.45) is 0 Å². The number of nitrogens with zero attached hydrogens (tertiary/aromatic N) is 1. The summed E-state index contributed by atoms with van der Waals surface area (Å²) in [6, 6.07) is 4.26. The van der Waals surface area contributed by atoms with Crippen LogP contribution in [0.25, 0.3) is 0 Å². The highest BCUT2D eigenvalue weighted by molar-refractivity contribution is 5.95. The molecule has 0 heterocycles. The number of benzene rings is 1. The topological polar surface area (TPSA) is 104 Å². The first kappa shape index (κ1) is 18.9. The summed E-state index contributed by atoms with van der Waals surface area (Å²) in [6.07, 6.45) is 2.90. The Bertz CT molecular complexity index is 554. The normalized spacial score (nSPS) is 11.1. The standard InChI is InChI=1S/C16H25N3O4/c1-4-8-16(21,9-5-2)11-18-13-7-6-12(15(20)17-3)10-14(13)19(22)23/h6-7,10,18,21H,4-5,8-9,11H2,1-3H3,(H,17,20). The summed E-state index contributed by atoms with van der Waals surface area (Å²) < 4.78 is 0. The largest absolute Gasteiger partial charge is 0.388 e. The maximum atomic E-state index is 11.6. The molecule has 7 nitrogen and oxygen atoms in total. The fraction of sp³-hybridized carbons (Fsp3) is 0.562. The Balaban J connectivity index is 2.99. The van der Waals surface area contributed by atoms with E-state index in [0.29, 0.717) is 18.5 Å². The quantitative estimate of drug-likeness (QED) is 0.479. The molecule has 7 heteroatoms. The summed E-state index contributed by atoms with van der Waals surface area (Å²) in [7, 11) is 1.47. The molecule has 128 valence electrons. The highest BCUT2D eigenvalue weighted by atomic mass is 16.6. The fourth-order valence-corrected chi connectivity index (χ4v) is 2.61. The van der Waals surface area contributed by atoms with E-state index in [0.717, 1.165) is 12.8 Å². The average Bonchev–Trinajstić information content (AvgIpc) is 2.52. The van der Waals surface area contributed by atoms with E-state index in [-0.39, 0.29) is 23.7 Å². The van der Waals surface area contributed by atoms with Gasteiger partial charge in [0, 0.05) is 25.2 Å². The average molecular weight is 323 g/mol. The Labute approximate surface area is 136 Å². The molecule has 0 unspecified atom stereocenters. The minimum Gasteiger partial charge on any atom is -0.388 e. The van der Waals surface area contributed by atoms with Crippen LogP contribution in [0.4, 0.5) is 11.4 Å². The molecule has 3 N–H and O–H groups in total. The lowest BCUT2D eigenvalue weighted by Crippen LogP contribution is -2.36. The van der Waals surface area contributed by atoms with E-state index < -0.39 is 10.5 Å². The molecule has 0 spiro atoms. The van der Waals surface area contributed by atoms with Crippen molar-refractivity contribution in [3.05, 3.63) is 33.9 Å². The molecule has 1 amide bonds. The molecule has 0 aliphatic rings. The van der Waals surface area contributed by atoms with Gasteiger partial charge in [0.25, 0.3) is 11.6 Å². The zero-order valence-corrected chi connectivity index (χ0v) is 13.9. The van der Waals surface area contributed by atoms with Gasteiger partial charge in [-0.2, -0.15) is 0 Å². The molecule has 0 saturated carbocycles.